The molecule has 7 nitrogen and oxygen atoms in total. The van der Waals surface area contributed by atoms with Crippen molar-refractivity contribution in [3.63, 3.8) is 0 Å². The summed E-state index contributed by atoms with van der Waals surface area (Å²) >= 11 is 1.62. The minimum absolute atomic E-state index is 0.392. The highest BCUT2D eigenvalue weighted by atomic mass is 32.2. The van der Waals surface area contributed by atoms with E-state index in [1.54, 1.807) is 16.4 Å². The highest BCUT2D eigenvalue weighted by molar-refractivity contribution is 7.99. The van der Waals surface area contributed by atoms with Gasteiger partial charge in [0, 0.05) is 11.4 Å². The van der Waals surface area contributed by atoms with Gasteiger partial charge in [-0.25, -0.2) is 9.48 Å². The zero-order valence-corrected chi connectivity index (χ0v) is 20.8. The third kappa shape index (κ3) is 5.28. The molecular formula is C26H30N4O3S. The van der Waals surface area contributed by atoms with Crippen molar-refractivity contribution in [1.82, 2.24) is 14.8 Å². The average molecular weight is 479 g/mol. The molecule has 1 aromatic heterocycles. The number of aromatic nitrogens is 3. The van der Waals surface area contributed by atoms with Crippen molar-refractivity contribution >= 4 is 23.7 Å². The zero-order chi connectivity index (χ0) is 24.1. The monoisotopic (exact) mass is 478 g/mol. The fourth-order valence-electron chi connectivity index (χ4n) is 3.90. The number of hydrogen-bond acceptors (Lipinski definition) is 7. The van der Waals surface area contributed by atoms with Crippen LogP contribution in [0.1, 0.15) is 49.4 Å². The molecule has 0 amide bonds. The third-order valence-electron chi connectivity index (χ3n) is 5.65. The van der Waals surface area contributed by atoms with Crippen LogP contribution in [0, 0.1) is 6.92 Å². The Bertz CT molecular complexity index is 1190. The lowest BCUT2D eigenvalue weighted by Crippen LogP contribution is -2.29. The number of carbonyl (C=O) groups excluding carboxylic acids is 1. The fourth-order valence-corrected chi connectivity index (χ4v) is 4.81. The lowest BCUT2D eigenvalue weighted by molar-refractivity contribution is -0.136. The van der Waals surface area contributed by atoms with Gasteiger partial charge in [0.2, 0.25) is 11.1 Å². The molecule has 0 aliphatic carbocycles. The van der Waals surface area contributed by atoms with Crippen LogP contribution in [0.2, 0.25) is 0 Å². The van der Waals surface area contributed by atoms with Gasteiger partial charge in [-0.15, -0.1) is 5.10 Å². The first-order chi connectivity index (χ1) is 16.5. The van der Waals surface area contributed by atoms with Gasteiger partial charge in [-0.1, -0.05) is 67.1 Å². The topological polar surface area (TPSA) is 78.3 Å². The van der Waals surface area contributed by atoms with Gasteiger partial charge in [-0.2, -0.15) is 4.98 Å². The summed E-state index contributed by atoms with van der Waals surface area (Å²) in [5, 5.41) is 8.63. The Morgan fingerprint density at radius 3 is 2.68 bits per heavy atom. The van der Waals surface area contributed by atoms with Gasteiger partial charge in [0.05, 0.1) is 12.7 Å². The number of allylic oxidation sites excluding steroid dienone is 1. The third-order valence-corrected chi connectivity index (χ3v) is 6.58. The van der Waals surface area contributed by atoms with E-state index < -0.39 is 12.0 Å². The van der Waals surface area contributed by atoms with Crippen molar-refractivity contribution in [1.29, 1.82) is 0 Å². The number of carbonyl (C=O) groups is 1. The summed E-state index contributed by atoms with van der Waals surface area (Å²) in [5.74, 6) is 1.94. The van der Waals surface area contributed by atoms with E-state index in [1.807, 2.05) is 37.3 Å². The number of thioether (sulfide) groups is 1. The van der Waals surface area contributed by atoms with Crippen LogP contribution in [-0.4, -0.2) is 33.6 Å². The summed E-state index contributed by atoms with van der Waals surface area (Å²) in [7, 11) is 1.39. The van der Waals surface area contributed by atoms with Crippen molar-refractivity contribution in [2.75, 3.05) is 18.2 Å². The van der Waals surface area contributed by atoms with Crippen LogP contribution in [0.5, 0.6) is 5.75 Å². The maximum Gasteiger partial charge on any atom is 0.338 e. The highest BCUT2D eigenvalue weighted by Crippen LogP contribution is 2.37. The molecule has 1 N–H and O–H groups in total. The van der Waals surface area contributed by atoms with Crippen LogP contribution in [-0.2, 0) is 16.1 Å². The van der Waals surface area contributed by atoms with Gasteiger partial charge in [-0.3, -0.25) is 0 Å². The minimum atomic E-state index is -0.442. The molecule has 1 unspecified atom stereocenters. The van der Waals surface area contributed by atoms with E-state index in [2.05, 4.69) is 42.3 Å². The van der Waals surface area contributed by atoms with E-state index in [0.717, 1.165) is 35.5 Å². The van der Waals surface area contributed by atoms with E-state index in [-0.39, 0.29) is 0 Å². The van der Waals surface area contributed by atoms with Gasteiger partial charge in [0.1, 0.15) is 18.4 Å². The summed E-state index contributed by atoms with van der Waals surface area (Å²) in [6, 6.07) is 15.6. The number of methoxy groups -OCH3 is 1. The summed E-state index contributed by atoms with van der Waals surface area (Å²) in [6.45, 7) is 6.58. The molecule has 178 valence electrons. The fraction of sp³-hybridized carbons (Fsp3) is 0.346. The van der Waals surface area contributed by atoms with E-state index >= 15 is 0 Å². The molecule has 8 heteroatoms. The number of aryl methyl sites for hydroxylation is 1. The molecule has 0 saturated carbocycles. The number of benzene rings is 2. The summed E-state index contributed by atoms with van der Waals surface area (Å²) in [5.41, 5.74) is 4.45. The molecule has 0 radical (unpaired) electrons. The number of unbranched alkanes of at least 4 members (excludes halogenated alkanes) is 1. The summed E-state index contributed by atoms with van der Waals surface area (Å²) < 4.78 is 12.9. The molecule has 0 fully saturated rings. The van der Waals surface area contributed by atoms with E-state index in [1.165, 1.54) is 12.7 Å². The maximum atomic E-state index is 12.7. The zero-order valence-electron chi connectivity index (χ0n) is 20.0. The molecule has 2 heterocycles. The molecule has 0 saturated heterocycles. The molecule has 3 aromatic rings. The quantitative estimate of drug-likeness (QED) is 0.246. The van der Waals surface area contributed by atoms with Crippen molar-refractivity contribution < 1.29 is 14.3 Å². The summed E-state index contributed by atoms with van der Waals surface area (Å²) in [4.78, 5) is 17.4. The first kappa shape index (κ1) is 23.9. The molecular weight excluding hydrogens is 448 g/mol. The van der Waals surface area contributed by atoms with E-state index in [4.69, 9.17) is 14.6 Å². The number of hydrogen-bond donors (Lipinski definition) is 1. The molecule has 4 rings (SSSR count). The van der Waals surface area contributed by atoms with Crippen LogP contribution in [0.15, 0.2) is 65.0 Å². The van der Waals surface area contributed by atoms with Crippen molar-refractivity contribution in [3.8, 4) is 5.75 Å². The lowest BCUT2D eigenvalue weighted by Gasteiger charge is -2.27. The molecule has 2 aromatic carbocycles. The van der Waals surface area contributed by atoms with Crippen molar-refractivity contribution in [2.45, 2.75) is 51.4 Å². The van der Waals surface area contributed by atoms with Gasteiger partial charge in [0.15, 0.2) is 0 Å². The molecule has 34 heavy (non-hydrogen) atoms. The normalized spacial score (nSPS) is 15.0. The number of anilines is 1. The standard InChI is InChI=1S/C26H30N4O3S/c1-5-6-14-34-26-28-25-27-18(3)22(24(31)32-4)23(30(25)29-26)20-10-12-21(13-11-20)33-16-19-9-7-8-17(2)15-19/h7-13,15,23H,5-6,14,16H2,1-4H3,(H,27,28,29). The first-order valence-corrected chi connectivity index (χ1v) is 12.4. The Balaban J connectivity index is 1.60. The van der Waals surface area contributed by atoms with E-state index in [9.17, 15) is 4.79 Å². The molecule has 1 aliphatic heterocycles. The Hall–Kier alpha value is -3.26. The number of esters is 1. The van der Waals surface area contributed by atoms with Crippen LogP contribution < -0.4 is 10.1 Å². The van der Waals surface area contributed by atoms with Crippen molar-refractivity contribution in [3.05, 3.63) is 76.5 Å². The second kappa shape index (κ2) is 10.8. The minimum Gasteiger partial charge on any atom is -0.489 e. The number of rotatable bonds is 9. The van der Waals surface area contributed by atoms with Gasteiger partial charge < -0.3 is 14.8 Å². The van der Waals surface area contributed by atoms with Gasteiger partial charge in [0.25, 0.3) is 0 Å². The van der Waals surface area contributed by atoms with Gasteiger partial charge in [-0.05, 0) is 43.5 Å². The summed E-state index contributed by atoms with van der Waals surface area (Å²) in [6.07, 6.45) is 2.22. The molecule has 1 aliphatic rings. The van der Waals surface area contributed by atoms with Crippen LogP contribution in [0.3, 0.4) is 0 Å². The number of nitrogens with zero attached hydrogens (tertiary/aromatic N) is 3. The van der Waals surface area contributed by atoms with Crippen LogP contribution >= 0.6 is 11.8 Å². The maximum absolute atomic E-state index is 12.7. The lowest BCUT2D eigenvalue weighted by atomic mass is 9.96. The second-order valence-electron chi connectivity index (χ2n) is 8.27. The molecule has 1 atom stereocenters. The predicted octanol–water partition coefficient (Wildman–Crippen LogP) is 5.52. The average Bonchev–Trinajstić information content (AvgIpc) is 3.24. The predicted molar refractivity (Wildman–Crippen MR) is 134 cm³/mol. The van der Waals surface area contributed by atoms with Crippen molar-refractivity contribution in [2.24, 2.45) is 0 Å². The highest BCUT2D eigenvalue weighted by Gasteiger charge is 2.35. The number of fused-ring (bicyclic) bond motifs is 1. The molecule has 0 spiro atoms. The number of nitrogens with one attached hydrogen (secondary N) is 1. The van der Waals surface area contributed by atoms with Crippen LogP contribution in [0.25, 0.3) is 0 Å². The Morgan fingerprint density at radius 1 is 1.18 bits per heavy atom. The van der Waals surface area contributed by atoms with Crippen LogP contribution in [0.4, 0.5) is 5.95 Å². The Morgan fingerprint density at radius 2 is 1.97 bits per heavy atom. The Kier molecular flexibility index (Phi) is 7.57. The largest absolute Gasteiger partial charge is 0.489 e. The first-order valence-electron chi connectivity index (χ1n) is 11.4. The smallest absolute Gasteiger partial charge is 0.338 e. The SMILES string of the molecule is CCCCSc1nc2n(n1)C(c1ccc(OCc3cccc(C)c3)cc1)C(C(=O)OC)=C(C)N2. The van der Waals surface area contributed by atoms with Gasteiger partial charge >= 0.3 is 5.97 Å². The Labute approximate surface area is 204 Å². The number of ether oxygens (including phenoxy) is 2. The van der Waals surface area contributed by atoms with E-state index in [0.29, 0.717) is 29.0 Å². The second-order valence-corrected chi connectivity index (χ2v) is 9.33. The molecule has 0 bridgehead atoms.